The van der Waals surface area contributed by atoms with Crippen LogP contribution in [-0.4, -0.2) is 54.9 Å². The molecule has 172 valence electrons. The molecule has 7 nitrogen and oxygen atoms in total. The topological polar surface area (TPSA) is 70.6 Å². The molecular formula is C25H29N5O2S. The first-order valence-electron chi connectivity index (χ1n) is 11.0. The molecule has 1 saturated heterocycles. The van der Waals surface area contributed by atoms with E-state index in [1.165, 1.54) is 17.3 Å². The number of ether oxygens (including phenoxy) is 1. The lowest BCUT2D eigenvalue weighted by Gasteiger charge is -2.37. The van der Waals surface area contributed by atoms with Gasteiger partial charge in [0.05, 0.1) is 18.6 Å². The molecule has 2 heterocycles. The number of nitrogens with one attached hydrogen (secondary N) is 1. The Morgan fingerprint density at radius 1 is 1.00 bits per heavy atom. The van der Waals surface area contributed by atoms with E-state index in [1.54, 1.807) is 19.5 Å². The lowest BCUT2D eigenvalue weighted by molar-refractivity contribution is -0.118. The van der Waals surface area contributed by atoms with Gasteiger partial charge in [0, 0.05) is 45.1 Å². The number of para-hydroxylation sites is 2. The average molecular weight is 464 g/mol. The third kappa shape index (κ3) is 5.96. The Balaban J connectivity index is 1.32. The summed E-state index contributed by atoms with van der Waals surface area (Å²) in [4.78, 5) is 26.0. The number of piperazine rings is 1. The predicted octanol–water partition coefficient (Wildman–Crippen LogP) is 3.53. The predicted molar refractivity (Wildman–Crippen MR) is 133 cm³/mol. The van der Waals surface area contributed by atoms with E-state index < -0.39 is 0 Å². The van der Waals surface area contributed by atoms with Gasteiger partial charge < -0.3 is 19.9 Å². The molecule has 1 aliphatic heterocycles. The Hall–Kier alpha value is -3.26. The van der Waals surface area contributed by atoms with Gasteiger partial charge in [-0.2, -0.15) is 0 Å². The molecule has 0 radical (unpaired) electrons. The third-order valence-electron chi connectivity index (χ3n) is 5.60. The first-order chi connectivity index (χ1) is 16.1. The molecule has 0 spiro atoms. The zero-order valence-electron chi connectivity index (χ0n) is 19.0. The molecular weight excluding hydrogens is 434 g/mol. The SMILES string of the molecule is COc1ccccc1N1CCN(c2nccnc2SCC(=O)NCc2ccc(C)cc2)CC1. The highest BCUT2D eigenvalue weighted by Crippen LogP contribution is 2.31. The number of aromatic nitrogens is 2. The Morgan fingerprint density at radius 3 is 2.45 bits per heavy atom. The minimum absolute atomic E-state index is 0.0156. The number of rotatable bonds is 8. The Bertz CT molecular complexity index is 1070. The summed E-state index contributed by atoms with van der Waals surface area (Å²) in [5.41, 5.74) is 3.41. The summed E-state index contributed by atoms with van der Waals surface area (Å²) in [6.07, 6.45) is 3.39. The number of carbonyl (C=O) groups is 1. The molecule has 1 aliphatic rings. The number of thioether (sulfide) groups is 1. The maximum atomic E-state index is 12.4. The number of hydrogen-bond acceptors (Lipinski definition) is 7. The van der Waals surface area contributed by atoms with Crippen LogP contribution >= 0.6 is 11.8 Å². The van der Waals surface area contributed by atoms with Crippen LogP contribution in [0.25, 0.3) is 0 Å². The molecule has 8 heteroatoms. The molecule has 0 saturated carbocycles. The van der Waals surface area contributed by atoms with Crippen LogP contribution in [0, 0.1) is 6.92 Å². The van der Waals surface area contributed by atoms with Crippen LogP contribution in [-0.2, 0) is 11.3 Å². The van der Waals surface area contributed by atoms with Gasteiger partial charge in [-0.3, -0.25) is 4.79 Å². The van der Waals surface area contributed by atoms with E-state index in [2.05, 4.69) is 50.2 Å². The van der Waals surface area contributed by atoms with Gasteiger partial charge in [0.25, 0.3) is 0 Å². The molecule has 1 aromatic heterocycles. The van der Waals surface area contributed by atoms with Crippen molar-refractivity contribution in [3.05, 3.63) is 72.1 Å². The highest BCUT2D eigenvalue weighted by atomic mass is 32.2. The minimum Gasteiger partial charge on any atom is -0.495 e. The zero-order valence-corrected chi connectivity index (χ0v) is 19.8. The van der Waals surface area contributed by atoms with Crippen molar-refractivity contribution in [1.82, 2.24) is 15.3 Å². The summed E-state index contributed by atoms with van der Waals surface area (Å²) in [6, 6.07) is 16.3. The lowest BCUT2D eigenvalue weighted by Crippen LogP contribution is -2.47. The molecule has 33 heavy (non-hydrogen) atoms. The maximum Gasteiger partial charge on any atom is 0.230 e. The normalized spacial score (nSPS) is 13.6. The second kappa shape index (κ2) is 11.0. The molecule has 3 aromatic rings. The van der Waals surface area contributed by atoms with Crippen LogP contribution in [0.5, 0.6) is 5.75 Å². The van der Waals surface area contributed by atoms with E-state index in [1.807, 2.05) is 30.3 Å². The number of methoxy groups -OCH3 is 1. The second-order valence-electron chi connectivity index (χ2n) is 7.88. The highest BCUT2D eigenvalue weighted by Gasteiger charge is 2.23. The minimum atomic E-state index is -0.0156. The molecule has 0 aliphatic carbocycles. The molecule has 2 aromatic carbocycles. The van der Waals surface area contributed by atoms with Gasteiger partial charge in [0.15, 0.2) is 5.82 Å². The third-order valence-corrected chi connectivity index (χ3v) is 6.57. The number of aryl methyl sites for hydroxylation is 1. The zero-order chi connectivity index (χ0) is 23.0. The van der Waals surface area contributed by atoms with Crippen LogP contribution in [0.1, 0.15) is 11.1 Å². The van der Waals surface area contributed by atoms with Crippen molar-refractivity contribution in [1.29, 1.82) is 0 Å². The molecule has 1 amide bonds. The van der Waals surface area contributed by atoms with E-state index in [0.717, 1.165) is 54.0 Å². The van der Waals surface area contributed by atoms with Crippen molar-refractivity contribution in [3.8, 4) is 5.75 Å². The van der Waals surface area contributed by atoms with Crippen molar-refractivity contribution in [3.63, 3.8) is 0 Å². The fourth-order valence-corrected chi connectivity index (χ4v) is 4.59. The number of hydrogen-bond donors (Lipinski definition) is 1. The quantitative estimate of drug-likeness (QED) is 0.513. The number of anilines is 2. The monoisotopic (exact) mass is 463 g/mol. The number of amides is 1. The van der Waals surface area contributed by atoms with Gasteiger partial charge in [0.2, 0.25) is 5.91 Å². The summed E-state index contributed by atoms with van der Waals surface area (Å²) in [5, 5.41) is 3.77. The smallest absolute Gasteiger partial charge is 0.230 e. The fourth-order valence-electron chi connectivity index (χ4n) is 3.78. The summed E-state index contributed by atoms with van der Waals surface area (Å²) in [7, 11) is 1.70. The summed E-state index contributed by atoms with van der Waals surface area (Å²) in [6.45, 7) is 5.94. The standard InChI is InChI=1S/C25H29N5O2S/c1-19-7-9-20(10-8-19)17-28-23(31)18-33-25-24(26-11-12-27-25)30-15-13-29(14-16-30)21-5-3-4-6-22(21)32-2/h3-12H,13-18H2,1-2H3,(H,28,31). The second-order valence-corrected chi connectivity index (χ2v) is 8.85. The largest absolute Gasteiger partial charge is 0.495 e. The molecule has 0 bridgehead atoms. The highest BCUT2D eigenvalue weighted by molar-refractivity contribution is 8.00. The first kappa shape index (κ1) is 22.9. The Morgan fingerprint density at radius 2 is 1.70 bits per heavy atom. The summed E-state index contributed by atoms with van der Waals surface area (Å²) < 4.78 is 5.52. The van der Waals surface area contributed by atoms with Crippen LogP contribution in [0.15, 0.2) is 66.0 Å². The van der Waals surface area contributed by atoms with Gasteiger partial charge in [-0.15, -0.1) is 0 Å². The van der Waals surface area contributed by atoms with Crippen molar-refractivity contribution in [2.45, 2.75) is 18.5 Å². The Labute approximate surface area is 199 Å². The summed E-state index contributed by atoms with van der Waals surface area (Å²) in [5.74, 6) is 2.02. The van der Waals surface area contributed by atoms with Gasteiger partial charge >= 0.3 is 0 Å². The van der Waals surface area contributed by atoms with Crippen LogP contribution < -0.4 is 19.9 Å². The van der Waals surface area contributed by atoms with Crippen molar-refractivity contribution in [2.75, 3.05) is 48.8 Å². The van der Waals surface area contributed by atoms with Crippen LogP contribution in [0.3, 0.4) is 0 Å². The van der Waals surface area contributed by atoms with E-state index in [0.29, 0.717) is 12.3 Å². The van der Waals surface area contributed by atoms with Gasteiger partial charge in [-0.05, 0) is 24.6 Å². The molecule has 0 unspecified atom stereocenters. The van der Waals surface area contributed by atoms with E-state index in [4.69, 9.17) is 4.74 Å². The molecule has 1 fully saturated rings. The van der Waals surface area contributed by atoms with Gasteiger partial charge in [-0.1, -0.05) is 53.7 Å². The Kier molecular flexibility index (Phi) is 7.67. The first-order valence-corrected chi connectivity index (χ1v) is 12.0. The lowest BCUT2D eigenvalue weighted by atomic mass is 10.1. The van der Waals surface area contributed by atoms with Gasteiger partial charge in [0.1, 0.15) is 10.8 Å². The number of carbonyl (C=O) groups excluding carboxylic acids is 1. The average Bonchev–Trinajstić information content (AvgIpc) is 2.87. The van der Waals surface area contributed by atoms with Crippen molar-refractivity contribution >= 4 is 29.2 Å². The molecule has 0 atom stereocenters. The maximum absolute atomic E-state index is 12.4. The van der Waals surface area contributed by atoms with E-state index in [-0.39, 0.29) is 5.91 Å². The van der Waals surface area contributed by atoms with Gasteiger partial charge in [-0.25, -0.2) is 9.97 Å². The van der Waals surface area contributed by atoms with Crippen LogP contribution in [0.4, 0.5) is 11.5 Å². The molecule has 1 N–H and O–H groups in total. The van der Waals surface area contributed by atoms with E-state index >= 15 is 0 Å². The number of nitrogens with zero attached hydrogens (tertiary/aromatic N) is 4. The van der Waals surface area contributed by atoms with Crippen LogP contribution in [0.2, 0.25) is 0 Å². The van der Waals surface area contributed by atoms with Crippen molar-refractivity contribution < 1.29 is 9.53 Å². The molecule has 4 rings (SSSR count). The van der Waals surface area contributed by atoms with Crippen molar-refractivity contribution in [2.24, 2.45) is 0 Å². The number of benzene rings is 2. The summed E-state index contributed by atoms with van der Waals surface area (Å²) >= 11 is 1.43. The fraction of sp³-hybridized carbons (Fsp3) is 0.320. The van der Waals surface area contributed by atoms with E-state index in [9.17, 15) is 4.79 Å².